The van der Waals surface area contributed by atoms with Gasteiger partial charge in [-0.2, -0.15) is 0 Å². The minimum atomic E-state index is -3.51. The van der Waals surface area contributed by atoms with Crippen LogP contribution in [-0.2, 0) is 23.1 Å². The third kappa shape index (κ3) is 5.95. The maximum absolute atomic E-state index is 12.5. The molecule has 0 spiro atoms. The molecule has 0 saturated carbocycles. The first-order chi connectivity index (χ1) is 12.8. The Hall–Kier alpha value is -2.09. The van der Waals surface area contributed by atoms with Crippen molar-refractivity contribution >= 4 is 27.6 Å². The van der Waals surface area contributed by atoms with E-state index in [-0.39, 0.29) is 4.90 Å². The van der Waals surface area contributed by atoms with Crippen LogP contribution in [0, 0.1) is 0 Å². The van der Waals surface area contributed by atoms with Crippen LogP contribution in [-0.4, -0.2) is 39.3 Å². The molecule has 0 aliphatic heterocycles. The van der Waals surface area contributed by atoms with Crippen LogP contribution in [0.3, 0.4) is 0 Å². The Bertz CT molecular complexity index is 898. The zero-order valence-electron chi connectivity index (χ0n) is 15.7. The van der Waals surface area contributed by atoms with Crippen LogP contribution in [0.25, 0.3) is 0 Å². The Kier molecular flexibility index (Phi) is 7.65. The number of benzene rings is 2. The molecule has 146 valence electrons. The Morgan fingerprint density at radius 2 is 1.85 bits per heavy atom. The van der Waals surface area contributed by atoms with Gasteiger partial charge in [0.25, 0.3) is 0 Å². The Morgan fingerprint density at radius 3 is 2.52 bits per heavy atom. The maximum Gasteiger partial charge on any atom is 0.242 e. The van der Waals surface area contributed by atoms with Crippen molar-refractivity contribution in [2.24, 2.45) is 4.99 Å². The molecule has 0 unspecified atom stereocenters. The number of halogens is 1. The molecule has 2 aromatic rings. The number of guanidine groups is 1. The van der Waals surface area contributed by atoms with Crippen molar-refractivity contribution in [2.75, 3.05) is 20.6 Å². The van der Waals surface area contributed by atoms with Crippen molar-refractivity contribution in [1.82, 2.24) is 14.9 Å². The van der Waals surface area contributed by atoms with Crippen molar-refractivity contribution in [2.45, 2.75) is 24.9 Å². The van der Waals surface area contributed by atoms with E-state index in [1.807, 2.05) is 37.3 Å². The third-order valence-corrected chi connectivity index (χ3v) is 5.98. The Morgan fingerprint density at radius 1 is 1.11 bits per heavy atom. The van der Waals surface area contributed by atoms with E-state index >= 15 is 0 Å². The minimum absolute atomic E-state index is 0.285. The summed E-state index contributed by atoms with van der Waals surface area (Å²) in [5.74, 6) is 0.606. The molecule has 0 atom stereocenters. The fourth-order valence-electron chi connectivity index (χ4n) is 2.42. The maximum atomic E-state index is 12.5. The van der Waals surface area contributed by atoms with E-state index in [0.29, 0.717) is 36.2 Å². The van der Waals surface area contributed by atoms with Crippen molar-refractivity contribution in [3.05, 3.63) is 64.7 Å². The summed E-state index contributed by atoms with van der Waals surface area (Å²) in [6.07, 6.45) is 0. The van der Waals surface area contributed by atoms with Gasteiger partial charge in [-0.1, -0.05) is 41.9 Å². The summed E-state index contributed by atoms with van der Waals surface area (Å²) < 4.78 is 26.2. The summed E-state index contributed by atoms with van der Waals surface area (Å²) >= 11 is 6.01. The van der Waals surface area contributed by atoms with Gasteiger partial charge in [-0.3, -0.25) is 0 Å². The molecule has 2 N–H and O–H groups in total. The lowest BCUT2D eigenvalue weighted by atomic mass is 10.2. The van der Waals surface area contributed by atoms with Crippen LogP contribution >= 0.6 is 11.6 Å². The fourth-order valence-corrected chi connectivity index (χ4v) is 3.75. The summed E-state index contributed by atoms with van der Waals surface area (Å²) in [4.78, 5) is 4.83. The lowest BCUT2D eigenvalue weighted by molar-refractivity contribution is 0.519. The topological polar surface area (TPSA) is 73.8 Å². The molecule has 0 amide bonds. The molecule has 0 bridgehead atoms. The summed E-state index contributed by atoms with van der Waals surface area (Å²) in [6, 6.07) is 14.5. The molecular weight excluding hydrogens is 384 g/mol. The normalized spacial score (nSPS) is 12.3. The zero-order chi connectivity index (χ0) is 19.9. The van der Waals surface area contributed by atoms with Gasteiger partial charge in [0.2, 0.25) is 10.0 Å². The second kappa shape index (κ2) is 9.73. The molecule has 0 aromatic heterocycles. The van der Waals surface area contributed by atoms with E-state index < -0.39 is 10.0 Å². The summed E-state index contributed by atoms with van der Waals surface area (Å²) in [5.41, 5.74) is 1.68. The molecule has 0 fully saturated rings. The zero-order valence-corrected chi connectivity index (χ0v) is 17.3. The molecule has 8 heteroatoms. The standard InChI is InChI=1S/C19H25ClN4O2S/c1-4-21-19(22-13-15-8-7-10-17(20)12-15)23-14-16-9-5-6-11-18(16)27(25,26)24(2)3/h5-12H,4,13-14H2,1-3H3,(H2,21,22,23). The summed E-state index contributed by atoms with van der Waals surface area (Å²) in [7, 11) is -0.462. The molecule has 2 aromatic carbocycles. The highest BCUT2D eigenvalue weighted by Crippen LogP contribution is 2.18. The number of rotatable bonds is 7. The number of aliphatic imine (C=N–C) groups is 1. The van der Waals surface area contributed by atoms with Gasteiger partial charge < -0.3 is 10.6 Å². The monoisotopic (exact) mass is 408 g/mol. The Labute approximate surface area is 166 Å². The number of hydrogen-bond donors (Lipinski definition) is 2. The van der Waals surface area contributed by atoms with Crippen LogP contribution in [0.5, 0.6) is 0 Å². The number of sulfonamides is 1. The molecule has 0 aliphatic rings. The van der Waals surface area contributed by atoms with Crippen molar-refractivity contribution in [1.29, 1.82) is 0 Å². The van der Waals surface area contributed by atoms with E-state index in [1.165, 1.54) is 18.4 Å². The Balaban J connectivity index is 2.16. The molecular formula is C19H25ClN4O2S. The van der Waals surface area contributed by atoms with E-state index in [0.717, 1.165) is 5.56 Å². The average molecular weight is 409 g/mol. The van der Waals surface area contributed by atoms with Crippen LogP contribution in [0.2, 0.25) is 5.02 Å². The predicted octanol–water partition coefficient (Wildman–Crippen LogP) is 2.85. The largest absolute Gasteiger partial charge is 0.357 e. The lowest BCUT2D eigenvalue weighted by Gasteiger charge is -2.17. The number of hydrogen-bond acceptors (Lipinski definition) is 3. The van der Waals surface area contributed by atoms with Gasteiger partial charge in [0.05, 0.1) is 11.4 Å². The summed E-state index contributed by atoms with van der Waals surface area (Å²) in [6.45, 7) is 3.47. The lowest BCUT2D eigenvalue weighted by Crippen LogP contribution is -2.37. The summed E-state index contributed by atoms with van der Waals surface area (Å²) in [5, 5.41) is 7.03. The molecule has 0 heterocycles. The second-order valence-corrected chi connectivity index (χ2v) is 8.63. The first-order valence-corrected chi connectivity index (χ1v) is 10.4. The van der Waals surface area contributed by atoms with Crippen molar-refractivity contribution in [3.63, 3.8) is 0 Å². The van der Waals surface area contributed by atoms with Crippen molar-refractivity contribution < 1.29 is 8.42 Å². The van der Waals surface area contributed by atoms with E-state index in [4.69, 9.17) is 11.6 Å². The average Bonchev–Trinajstić information content (AvgIpc) is 2.64. The van der Waals surface area contributed by atoms with Crippen LogP contribution in [0.4, 0.5) is 0 Å². The smallest absolute Gasteiger partial charge is 0.242 e. The van der Waals surface area contributed by atoms with Gasteiger partial charge in [-0.15, -0.1) is 0 Å². The number of nitrogens with one attached hydrogen (secondary N) is 2. The van der Waals surface area contributed by atoms with Crippen molar-refractivity contribution in [3.8, 4) is 0 Å². The molecule has 2 rings (SSSR count). The van der Waals surface area contributed by atoms with Crippen LogP contribution in [0.15, 0.2) is 58.4 Å². The molecule has 0 saturated heterocycles. The third-order valence-electron chi connectivity index (χ3n) is 3.83. The second-order valence-electron chi connectivity index (χ2n) is 6.07. The van der Waals surface area contributed by atoms with E-state index in [9.17, 15) is 8.42 Å². The van der Waals surface area contributed by atoms with Gasteiger partial charge in [-0.25, -0.2) is 17.7 Å². The fraction of sp³-hybridized carbons (Fsp3) is 0.316. The highest BCUT2D eigenvalue weighted by atomic mass is 35.5. The first-order valence-electron chi connectivity index (χ1n) is 8.61. The molecule has 6 nitrogen and oxygen atoms in total. The van der Waals surface area contributed by atoms with Gasteiger partial charge in [0.15, 0.2) is 5.96 Å². The van der Waals surface area contributed by atoms with Gasteiger partial charge >= 0.3 is 0 Å². The van der Waals surface area contributed by atoms with Gasteiger partial charge in [0.1, 0.15) is 0 Å². The van der Waals surface area contributed by atoms with E-state index in [2.05, 4.69) is 15.6 Å². The molecule has 27 heavy (non-hydrogen) atoms. The molecule has 0 aliphatic carbocycles. The van der Waals surface area contributed by atoms with Crippen LogP contribution in [0.1, 0.15) is 18.1 Å². The SMILES string of the molecule is CCNC(=NCc1cccc(Cl)c1)NCc1ccccc1S(=O)(=O)N(C)C. The highest BCUT2D eigenvalue weighted by molar-refractivity contribution is 7.89. The first kappa shape index (κ1) is 21.2. The van der Waals surface area contributed by atoms with Crippen LogP contribution < -0.4 is 10.6 Å². The minimum Gasteiger partial charge on any atom is -0.357 e. The quantitative estimate of drug-likeness (QED) is 0.545. The number of nitrogens with zero attached hydrogens (tertiary/aromatic N) is 2. The molecule has 0 radical (unpaired) electrons. The van der Waals surface area contributed by atoms with Gasteiger partial charge in [-0.05, 0) is 36.2 Å². The predicted molar refractivity (Wildman–Crippen MR) is 110 cm³/mol. The van der Waals surface area contributed by atoms with Gasteiger partial charge in [0, 0.05) is 32.2 Å². The van der Waals surface area contributed by atoms with E-state index in [1.54, 1.807) is 18.2 Å². The highest BCUT2D eigenvalue weighted by Gasteiger charge is 2.20.